The predicted molar refractivity (Wildman–Crippen MR) is 65.7 cm³/mol. The molecule has 106 valence electrons. The number of hydrogen-bond donors (Lipinski definition) is 2. The molecule has 0 aliphatic carbocycles. The molecule has 0 aromatic heterocycles. The number of hydrogen-bond acceptors (Lipinski definition) is 4. The van der Waals surface area contributed by atoms with Crippen molar-refractivity contribution in [3.63, 3.8) is 0 Å². The maximum absolute atomic E-state index is 12.9. The zero-order valence-corrected chi connectivity index (χ0v) is 11.0. The lowest BCUT2D eigenvalue weighted by molar-refractivity contribution is -0.183. The Morgan fingerprint density at radius 3 is 2.56 bits per heavy atom. The molecule has 0 spiro atoms. The zero-order chi connectivity index (χ0) is 13.6. The van der Waals surface area contributed by atoms with Crippen molar-refractivity contribution in [2.45, 2.75) is 12.2 Å². The summed E-state index contributed by atoms with van der Waals surface area (Å²) in [5, 5.41) is 5.35. The van der Waals surface area contributed by atoms with Gasteiger partial charge in [-0.3, -0.25) is 9.69 Å². The molecule has 1 rings (SSSR count). The highest BCUT2D eigenvalue weighted by Gasteiger charge is 2.43. The van der Waals surface area contributed by atoms with Gasteiger partial charge in [0.15, 0.2) is 0 Å². The van der Waals surface area contributed by atoms with E-state index in [9.17, 15) is 18.0 Å². The van der Waals surface area contributed by atoms with Crippen LogP contribution in [0.15, 0.2) is 0 Å². The SMILES string of the molecule is CSCC(=O)NCC(N1CCNCC1)C(F)(F)F. The van der Waals surface area contributed by atoms with E-state index in [-0.39, 0.29) is 18.2 Å². The Balaban J connectivity index is 2.53. The van der Waals surface area contributed by atoms with Gasteiger partial charge < -0.3 is 10.6 Å². The van der Waals surface area contributed by atoms with Crippen LogP contribution in [0.1, 0.15) is 0 Å². The van der Waals surface area contributed by atoms with Crippen LogP contribution in [-0.4, -0.2) is 67.8 Å². The highest BCUT2D eigenvalue weighted by atomic mass is 32.2. The van der Waals surface area contributed by atoms with Crippen molar-refractivity contribution in [1.82, 2.24) is 15.5 Å². The fourth-order valence-corrected chi connectivity index (χ4v) is 2.20. The van der Waals surface area contributed by atoms with Gasteiger partial charge in [0.05, 0.1) is 5.75 Å². The summed E-state index contributed by atoms with van der Waals surface area (Å²) in [6, 6.07) is -1.59. The Hall–Kier alpha value is -0.470. The number of amides is 1. The predicted octanol–water partition coefficient (Wildman–Crippen LogP) is 0.302. The molecule has 1 fully saturated rings. The van der Waals surface area contributed by atoms with Gasteiger partial charge in [0.25, 0.3) is 0 Å². The van der Waals surface area contributed by atoms with Crippen LogP contribution >= 0.6 is 11.8 Å². The quantitative estimate of drug-likeness (QED) is 0.763. The first-order chi connectivity index (χ1) is 8.45. The molecule has 1 atom stereocenters. The minimum absolute atomic E-state index is 0.187. The fourth-order valence-electron chi connectivity index (χ4n) is 1.84. The van der Waals surface area contributed by atoms with E-state index in [1.54, 1.807) is 6.26 Å². The molecule has 0 radical (unpaired) electrons. The third-order valence-corrected chi connectivity index (χ3v) is 3.29. The van der Waals surface area contributed by atoms with E-state index in [1.165, 1.54) is 16.7 Å². The number of thioether (sulfide) groups is 1. The number of nitrogens with one attached hydrogen (secondary N) is 2. The van der Waals surface area contributed by atoms with Crippen LogP contribution in [0.3, 0.4) is 0 Å². The summed E-state index contributed by atoms with van der Waals surface area (Å²) < 4.78 is 38.8. The van der Waals surface area contributed by atoms with E-state index in [2.05, 4.69) is 10.6 Å². The molecule has 0 bridgehead atoms. The Labute approximate surface area is 109 Å². The molecule has 18 heavy (non-hydrogen) atoms. The summed E-state index contributed by atoms with van der Waals surface area (Å²) in [6.45, 7) is 1.42. The molecule has 1 heterocycles. The molecule has 4 nitrogen and oxygen atoms in total. The average molecular weight is 285 g/mol. The van der Waals surface area contributed by atoms with Gasteiger partial charge in [0.1, 0.15) is 6.04 Å². The topological polar surface area (TPSA) is 44.4 Å². The van der Waals surface area contributed by atoms with Crippen molar-refractivity contribution in [1.29, 1.82) is 0 Å². The standard InChI is InChI=1S/C10H18F3N3OS/c1-18-7-9(17)15-6-8(10(11,12)13)16-4-2-14-3-5-16/h8,14H,2-7H2,1H3,(H,15,17). The monoisotopic (exact) mass is 285 g/mol. The van der Waals surface area contributed by atoms with E-state index in [0.717, 1.165) is 0 Å². The summed E-state index contributed by atoms with van der Waals surface area (Å²) in [6.07, 6.45) is -2.58. The Bertz CT molecular complexity index is 270. The number of piperazine rings is 1. The summed E-state index contributed by atoms with van der Waals surface area (Å²) in [4.78, 5) is 12.6. The van der Waals surface area contributed by atoms with Gasteiger partial charge in [-0.1, -0.05) is 0 Å². The average Bonchev–Trinajstić information content (AvgIpc) is 2.29. The van der Waals surface area contributed by atoms with Crippen LogP contribution in [0, 0.1) is 0 Å². The van der Waals surface area contributed by atoms with Gasteiger partial charge in [0, 0.05) is 32.7 Å². The molecule has 1 amide bonds. The van der Waals surface area contributed by atoms with Gasteiger partial charge in [0.2, 0.25) is 5.91 Å². The lowest BCUT2D eigenvalue weighted by Gasteiger charge is -2.35. The molecule has 8 heteroatoms. The van der Waals surface area contributed by atoms with Crippen molar-refractivity contribution < 1.29 is 18.0 Å². The fraction of sp³-hybridized carbons (Fsp3) is 0.900. The normalized spacial score (nSPS) is 19.6. The van der Waals surface area contributed by atoms with Crippen LogP contribution in [-0.2, 0) is 4.79 Å². The molecule has 1 aliphatic rings. The first kappa shape index (κ1) is 15.6. The van der Waals surface area contributed by atoms with Crippen LogP contribution in [0.2, 0.25) is 0 Å². The number of halogens is 3. The van der Waals surface area contributed by atoms with Crippen LogP contribution in [0.25, 0.3) is 0 Å². The Morgan fingerprint density at radius 2 is 2.06 bits per heavy atom. The van der Waals surface area contributed by atoms with Gasteiger partial charge in [-0.2, -0.15) is 24.9 Å². The van der Waals surface area contributed by atoms with Crippen molar-refractivity contribution >= 4 is 17.7 Å². The number of alkyl halides is 3. The number of nitrogens with zero attached hydrogens (tertiary/aromatic N) is 1. The number of carbonyl (C=O) groups excluding carboxylic acids is 1. The molecular formula is C10H18F3N3OS. The maximum atomic E-state index is 12.9. The summed E-state index contributed by atoms with van der Waals surface area (Å²) >= 11 is 1.29. The van der Waals surface area contributed by atoms with Gasteiger partial charge >= 0.3 is 6.18 Å². The van der Waals surface area contributed by atoms with Crippen molar-refractivity contribution in [2.24, 2.45) is 0 Å². The van der Waals surface area contributed by atoms with E-state index in [4.69, 9.17) is 0 Å². The molecule has 2 N–H and O–H groups in total. The summed E-state index contributed by atoms with van der Waals surface area (Å²) in [5.41, 5.74) is 0. The first-order valence-corrected chi connectivity index (χ1v) is 7.11. The summed E-state index contributed by atoms with van der Waals surface area (Å²) in [5.74, 6) is -0.168. The van der Waals surface area contributed by atoms with Crippen molar-refractivity contribution in [3.8, 4) is 0 Å². The van der Waals surface area contributed by atoms with Gasteiger partial charge in [-0.05, 0) is 6.26 Å². The third-order valence-electron chi connectivity index (χ3n) is 2.74. The van der Waals surface area contributed by atoms with Gasteiger partial charge in [-0.25, -0.2) is 0 Å². The van der Waals surface area contributed by atoms with Crippen LogP contribution < -0.4 is 10.6 Å². The van der Waals surface area contributed by atoms with Crippen LogP contribution in [0.4, 0.5) is 13.2 Å². The van der Waals surface area contributed by atoms with E-state index >= 15 is 0 Å². The molecule has 0 aromatic rings. The minimum Gasteiger partial charge on any atom is -0.353 e. The smallest absolute Gasteiger partial charge is 0.353 e. The first-order valence-electron chi connectivity index (χ1n) is 5.72. The zero-order valence-electron chi connectivity index (χ0n) is 10.2. The van der Waals surface area contributed by atoms with Crippen LogP contribution in [0.5, 0.6) is 0 Å². The van der Waals surface area contributed by atoms with Crippen molar-refractivity contribution in [3.05, 3.63) is 0 Å². The van der Waals surface area contributed by atoms with E-state index in [1.807, 2.05) is 0 Å². The van der Waals surface area contributed by atoms with E-state index in [0.29, 0.717) is 26.2 Å². The third kappa shape index (κ3) is 5.03. The van der Waals surface area contributed by atoms with Crippen molar-refractivity contribution in [2.75, 3.05) is 44.7 Å². The highest BCUT2D eigenvalue weighted by Crippen LogP contribution is 2.24. The van der Waals surface area contributed by atoms with Gasteiger partial charge in [-0.15, -0.1) is 0 Å². The number of carbonyl (C=O) groups is 1. The highest BCUT2D eigenvalue weighted by molar-refractivity contribution is 7.99. The minimum atomic E-state index is -4.32. The second-order valence-corrected chi connectivity index (χ2v) is 4.95. The molecule has 1 unspecified atom stereocenters. The Morgan fingerprint density at radius 1 is 1.44 bits per heavy atom. The summed E-state index contributed by atoms with van der Waals surface area (Å²) in [7, 11) is 0. The maximum Gasteiger partial charge on any atom is 0.405 e. The lowest BCUT2D eigenvalue weighted by Crippen LogP contribution is -2.57. The second kappa shape index (κ2) is 7.20. The Kier molecular flexibility index (Phi) is 6.24. The second-order valence-electron chi connectivity index (χ2n) is 4.08. The molecule has 1 aliphatic heterocycles. The molecule has 0 saturated carbocycles. The molecular weight excluding hydrogens is 267 g/mol. The van der Waals surface area contributed by atoms with E-state index < -0.39 is 12.2 Å². The number of rotatable bonds is 5. The lowest BCUT2D eigenvalue weighted by atomic mass is 10.2. The molecule has 0 aromatic carbocycles. The largest absolute Gasteiger partial charge is 0.405 e. The molecule has 1 saturated heterocycles.